The molecule has 0 aromatic heterocycles. The second-order valence-electron chi connectivity index (χ2n) is 9.35. The lowest BCUT2D eigenvalue weighted by molar-refractivity contribution is 0.414. The molecule has 0 radical (unpaired) electrons. The van der Waals surface area contributed by atoms with Crippen LogP contribution in [0.15, 0.2) is 117 Å². The van der Waals surface area contributed by atoms with E-state index in [0.717, 1.165) is 38.2 Å². The van der Waals surface area contributed by atoms with Crippen molar-refractivity contribution in [2.45, 2.75) is 25.4 Å². The first-order valence-corrected chi connectivity index (χ1v) is 14.1. The zero-order chi connectivity index (χ0) is 26.6. The molecule has 4 aromatic rings. The van der Waals surface area contributed by atoms with Gasteiger partial charge in [-0.1, -0.05) is 56.1 Å². The van der Waals surface area contributed by atoms with E-state index in [4.69, 9.17) is 9.47 Å². The van der Waals surface area contributed by atoms with Gasteiger partial charge in [0, 0.05) is 32.4 Å². The molecule has 5 rings (SSSR count). The molecule has 0 fully saturated rings. The van der Waals surface area contributed by atoms with Crippen LogP contribution in [-0.2, 0) is 0 Å². The zero-order valence-corrected chi connectivity index (χ0v) is 24.8. The first-order valence-electron chi connectivity index (χ1n) is 12.5. The van der Waals surface area contributed by atoms with Gasteiger partial charge in [0.1, 0.15) is 11.5 Å². The Morgan fingerprint density at radius 1 is 0.684 bits per heavy atom. The normalized spacial score (nSPS) is 17.3. The molecule has 0 saturated carbocycles. The molecule has 4 aromatic carbocycles. The van der Waals surface area contributed by atoms with Gasteiger partial charge < -0.3 is 19.7 Å². The van der Waals surface area contributed by atoms with Crippen LogP contribution in [0.4, 0.5) is 11.4 Å². The minimum absolute atomic E-state index is 0.0147. The Morgan fingerprint density at radius 3 is 1.71 bits per heavy atom. The van der Waals surface area contributed by atoms with Gasteiger partial charge in [-0.05, 0) is 96.4 Å². The fourth-order valence-corrected chi connectivity index (χ4v) is 5.64. The monoisotopic (exact) mass is 632 g/mol. The summed E-state index contributed by atoms with van der Waals surface area (Å²) in [6, 6.07) is 33.9. The minimum Gasteiger partial charge on any atom is -0.497 e. The van der Waals surface area contributed by atoms with Crippen LogP contribution in [0.3, 0.4) is 0 Å². The lowest BCUT2D eigenvalue weighted by atomic mass is 9.85. The van der Waals surface area contributed by atoms with Gasteiger partial charge in [-0.25, -0.2) is 0 Å². The highest BCUT2D eigenvalue weighted by Gasteiger charge is 2.36. The molecular weight excluding hydrogens is 604 g/mol. The van der Waals surface area contributed by atoms with E-state index < -0.39 is 0 Å². The van der Waals surface area contributed by atoms with Crippen LogP contribution in [0.5, 0.6) is 11.5 Å². The quantitative estimate of drug-likeness (QED) is 0.220. The fraction of sp³-hybridized carbons (Fsp3) is 0.188. The Balaban J connectivity index is 1.67. The van der Waals surface area contributed by atoms with Gasteiger partial charge in [-0.15, -0.1) is 0 Å². The first kappa shape index (κ1) is 26.4. The summed E-state index contributed by atoms with van der Waals surface area (Å²) in [6.07, 6.45) is 0.830. The van der Waals surface area contributed by atoms with E-state index in [1.165, 1.54) is 22.4 Å². The topological polar surface area (TPSA) is 33.7 Å². The largest absolute Gasteiger partial charge is 0.497 e. The number of nitrogens with zero attached hydrogens (tertiary/aromatic N) is 1. The molecule has 194 valence electrons. The summed E-state index contributed by atoms with van der Waals surface area (Å²) in [5.41, 5.74) is 7.18. The van der Waals surface area contributed by atoms with Crippen molar-refractivity contribution < 1.29 is 9.47 Å². The zero-order valence-electron chi connectivity index (χ0n) is 21.6. The predicted octanol–water partition coefficient (Wildman–Crippen LogP) is 9.31. The molecule has 1 aliphatic heterocycles. The summed E-state index contributed by atoms with van der Waals surface area (Å²) >= 11 is 7.17. The Bertz CT molecular complexity index is 1400. The highest BCUT2D eigenvalue weighted by molar-refractivity contribution is 9.10. The summed E-state index contributed by atoms with van der Waals surface area (Å²) in [5.74, 6) is 1.70. The Hall–Kier alpha value is -3.22. The van der Waals surface area contributed by atoms with E-state index in [1.54, 1.807) is 14.2 Å². The van der Waals surface area contributed by atoms with Gasteiger partial charge in [-0.2, -0.15) is 0 Å². The van der Waals surface area contributed by atoms with Gasteiger partial charge >= 0.3 is 0 Å². The van der Waals surface area contributed by atoms with Gasteiger partial charge in [0.2, 0.25) is 0 Å². The SMILES string of the molecule is COc1ccc(C2CC(Nc3ccc(Br)cc3)=C(C)C(c3ccc(OC)cc3)N2c2ccc(Br)cc2)cc1. The molecule has 0 saturated heterocycles. The Morgan fingerprint density at radius 2 is 1.18 bits per heavy atom. The molecule has 0 bridgehead atoms. The highest BCUT2D eigenvalue weighted by Crippen LogP contribution is 2.48. The van der Waals surface area contributed by atoms with E-state index >= 15 is 0 Å². The maximum Gasteiger partial charge on any atom is 0.118 e. The van der Waals surface area contributed by atoms with E-state index in [9.17, 15) is 0 Å². The average Bonchev–Trinajstić information content (AvgIpc) is 2.95. The molecule has 1 N–H and O–H groups in total. The number of benzene rings is 4. The minimum atomic E-state index is 0.0147. The maximum absolute atomic E-state index is 5.47. The molecule has 2 atom stereocenters. The second-order valence-corrected chi connectivity index (χ2v) is 11.2. The molecular formula is C32H30Br2N2O2. The molecule has 38 heavy (non-hydrogen) atoms. The maximum atomic E-state index is 5.47. The summed E-state index contributed by atoms with van der Waals surface area (Å²) in [5, 5.41) is 3.76. The molecule has 6 heteroatoms. The highest BCUT2D eigenvalue weighted by atomic mass is 79.9. The van der Waals surface area contributed by atoms with E-state index in [0.29, 0.717) is 0 Å². The first-order chi connectivity index (χ1) is 18.5. The van der Waals surface area contributed by atoms with E-state index in [-0.39, 0.29) is 12.1 Å². The van der Waals surface area contributed by atoms with Gasteiger partial charge in [-0.3, -0.25) is 0 Å². The molecule has 0 amide bonds. The smallest absolute Gasteiger partial charge is 0.118 e. The van der Waals surface area contributed by atoms with Crippen LogP contribution in [0.25, 0.3) is 0 Å². The lowest BCUT2D eigenvalue weighted by Gasteiger charge is -2.46. The number of anilines is 2. The van der Waals surface area contributed by atoms with E-state index in [1.807, 2.05) is 24.3 Å². The molecule has 1 aliphatic rings. The fourth-order valence-electron chi connectivity index (χ4n) is 5.11. The third kappa shape index (κ3) is 5.62. The molecule has 2 unspecified atom stereocenters. The molecule has 0 spiro atoms. The Kier molecular flexibility index (Phi) is 8.10. The number of nitrogens with one attached hydrogen (secondary N) is 1. The Labute approximate surface area is 241 Å². The van der Waals surface area contributed by atoms with Crippen LogP contribution >= 0.6 is 31.9 Å². The molecule has 1 heterocycles. The number of ether oxygens (including phenoxy) is 2. The standard InChI is InChI=1S/C32H30Br2N2O2/c1-21-30(35-26-12-8-24(33)9-13-26)20-31(22-4-16-28(37-2)17-5-22)36(27-14-10-25(34)11-15-27)32(21)23-6-18-29(38-3)19-7-23/h4-19,31-32,35H,20H2,1-3H3. The van der Waals surface area contributed by atoms with Crippen molar-refractivity contribution >= 4 is 43.2 Å². The third-order valence-corrected chi connectivity index (χ3v) is 8.15. The van der Waals surface area contributed by atoms with Crippen LogP contribution < -0.4 is 19.7 Å². The van der Waals surface area contributed by atoms with Crippen molar-refractivity contribution in [3.8, 4) is 11.5 Å². The summed E-state index contributed by atoms with van der Waals surface area (Å²) in [6.45, 7) is 2.24. The van der Waals surface area contributed by atoms with Crippen molar-refractivity contribution in [1.82, 2.24) is 0 Å². The van der Waals surface area contributed by atoms with Gasteiger partial charge in [0.25, 0.3) is 0 Å². The average molecular weight is 634 g/mol. The van der Waals surface area contributed by atoms with Crippen molar-refractivity contribution in [2.24, 2.45) is 0 Å². The van der Waals surface area contributed by atoms with Crippen LogP contribution in [-0.4, -0.2) is 14.2 Å². The van der Waals surface area contributed by atoms with E-state index in [2.05, 4.69) is 122 Å². The third-order valence-electron chi connectivity index (χ3n) is 7.09. The van der Waals surface area contributed by atoms with Crippen LogP contribution in [0, 0.1) is 0 Å². The predicted molar refractivity (Wildman–Crippen MR) is 163 cm³/mol. The van der Waals surface area contributed by atoms with Crippen molar-refractivity contribution in [1.29, 1.82) is 0 Å². The number of hydrogen-bond donors (Lipinski definition) is 1. The second kappa shape index (κ2) is 11.7. The van der Waals surface area contributed by atoms with Gasteiger partial charge in [0.05, 0.1) is 26.3 Å². The number of halogens is 2. The number of methoxy groups -OCH3 is 2. The van der Waals surface area contributed by atoms with Crippen LogP contribution in [0.1, 0.15) is 36.6 Å². The lowest BCUT2D eigenvalue weighted by Crippen LogP contribution is -2.39. The van der Waals surface area contributed by atoms with Crippen molar-refractivity contribution in [3.05, 3.63) is 128 Å². The number of hydrogen-bond acceptors (Lipinski definition) is 4. The molecule has 4 nitrogen and oxygen atoms in total. The van der Waals surface area contributed by atoms with Crippen molar-refractivity contribution in [2.75, 3.05) is 24.4 Å². The summed E-state index contributed by atoms with van der Waals surface area (Å²) in [7, 11) is 3.41. The number of rotatable bonds is 7. The van der Waals surface area contributed by atoms with Crippen molar-refractivity contribution in [3.63, 3.8) is 0 Å². The molecule has 0 aliphatic carbocycles. The van der Waals surface area contributed by atoms with Crippen LogP contribution in [0.2, 0.25) is 0 Å². The summed E-state index contributed by atoms with van der Waals surface area (Å²) in [4.78, 5) is 2.54. The van der Waals surface area contributed by atoms with Gasteiger partial charge in [0.15, 0.2) is 0 Å². The summed E-state index contributed by atoms with van der Waals surface area (Å²) < 4.78 is 13.1.